The summed E-state index contributed by atoms with van der Waals surface area (Å²) in [7, 11) is 0. The quantitative estimate of drug-likeness (QED) is 0.361. The molecule has 40 heavy (non-hydrogen) atoms. The Bertz CT molecular complexity index is 1410. The number of imidazole rings is 1. The first-order valence-electron chi connectivity index (χ1n) is 15.0. The number of carbonyl (C=O) groups is 3. The second-order valence-corrected chi connectivity index (χ2v) is 15.6. The Kier molecular flexibility index (Phi) is 5.72. The van der Waals surface area contributed by atoms with Crippen molar-refractivity contribution in [3.05, 3.63) is 53.6 Å². The Morgan fingerprint density at radius 1 is 1.02 bits per heavy atom. The molecule has 6 rings (SSSR count). The number of carbonyl (C=O) groups excluding carboxylic acids is 3. The van der Waals surface area contributed by atoms with Gasteiger partial charge in [0, 0.05) is 35.1 Å². The molecule has 3 unspecified atom stereocenters. The lowest BCUT2D eigenvalue weighted by molar-refractivity contribution is -0.161. The topological polar surface area (TPSA) is 73.4 Å². The summed E-state index contributed by atoms with van der Waals surface area (Å²) in [6, 6.07) is 0. The molecule has 6 heteroatoms. The summed E-state index contributed by atoms with van der Waals surface area (Å²) in [5, 5.41) is 0. The standard InChI is InChI=1S/C34H43N3O3/c1-30(2)11-9-20-21(16-30)27-24(38)15-26-32(5)18-23(35-8)28(39)31(3,4)25(32)10-12-33(26,6)34(27,7)17-22(20)29(40)37-14-13-36-19-37/h13-15,18-22,25,27H,9-12,16-17H2,1-7H3/t20?,21?,22-,25-,27?,32-,33+,34+/m0/s1. The van der Waals surface area contributed by atoms with Gasteiger partial charge in [-0.15, -0.1) is 0 Å². The van der Waals surface area contributed by atoms with Gasteiger partial charge in [-0.2, -0.15) is 0 Å². The Morgan fingerprint density at radius 3 is 2.40 bits per heavy atom. The van der Waals surface area contributed by atoms with E-state index in [9.17, 15) is 14.4 Å². The number of Topliss-reactive ketones (excluding diaryl/α,β-unsaturated/α-hetero) is 1. The molecule has 1 heterocycles. The molecule has 3 saturated carbocycles. The van der Waals surface area contributed by atoms with E-state index in [1.165, 1.54) is 0 Å². The van der Waals surface area contributed by atoms with Gasteiger partial charge in [0.1, 0.15) is 6.33 Å². The minimum absolute atomic E-state index is 0.0126. The van der Waals surface area contributed by atoms with Crippen LogP contribution in [0.5, 0.6) is 0 Å². The summed E-state index contributed by atoms with van der Waals surface area (Å²) >= 11 is 0. The molecule has 5 aliphatic rings. The molecule has 1 aromatic heterocycles. The third-order valence-electron chi connectivity index (χ3n) is 12.8. The average Bonchev–Trinajstić information content (AvgIpc) is 3.41. The van der Waals surface area contributed by atoms with Crippen molar-refractivity contribution in [1.29, 1.82) is 0 Å². The van der Waals surface area contributed by atoms with Gasteiger partial charge in [0.25, 0.3) is 0 Å². The number of hydrogen-bond acceptors (Lipinski definition) is 4. The molecule has 3 fully saturated rings. The zero-order valence-electron chi connectivity index (χ0n) is 25.1. The smallest absolute Gasteiger partial charge is 0.235 e. The summed E-state index contributed by atoms with van der Waals surface area (Å²) in [6.07, 6.45) is 14.2. The van der Waals surface area contributed by atoms with Crippen LogP contribution in [0.1, 0.15) is 91.8 Å². The van der Waals surface area contributed by atoms with Crippen molar-refractivity contribution in [2.45, 2.75) is 87.0 Å². The normalized spacial score (nSPS) is 43.2. The monoisotopic (exact) mass is 541 g/mol. The van der Waals surface area contributed by atoms with Gasteiger partial charge in [-0.05, 0) is 78.6 Å². The van der Waals surface area contributed by atoms with Crippen molar-refractivity contribution in [2.75, 3.05) is 0 Å². The van der Waals surface area contributed by atoms with Gasteiger partial charge in [-0.3, -0.25) is 14.2 Å². The van der Waals surface area contributed by atoms with Crippen molar-refractivity contribution in [2.24, 2.45) is 56.7 Å². The lowest BCUT2D eigenvalue weighted by atomic mass is 9.35. The Morgan fingerprint density at radius 2 is 1.75 bits per heavy atom. The van der Waals surface area contributed by atoms with Crippen LogP contribution in [-0.2, 0) is 9.59 Å². The number of hydrogen-bond donors (Lipinski definition) is 0. The van der Waals surface area contributed by atoms with Crippen LogP contribution in [0.3, 0.4) is 0 Å². The predicted octanol–water partition coefficient (Wildman–Crippen LogP) is 6.95. The highest BCUT2D eigenvalue weighted by Gasteiger charge is 2.69. The highest BCUT2D eigenvalue weighted by atomic mass is 16.2. The first-order valence-corrected chi connectivity index (χ1v) is 15.0. The number of aromatic nitrogens is 2. The highest BCUT2D eigenvalue weighted by molar-refractivity contribution is 6.03. The average molecular weight is 542 g/mol. The molecule has 1 aromatic rings. The van der Waals surface area contributed by atoms with Gasteiger partial charge in [-0.25, -0.2) is 9.83 Å². The minimum Gasteiger partial charge on any atom is -0.307 e. The number of fused-ring (bicyclic) bond motifs is 7. The molecule has 0 amide bonds. The van der Waals surface area contributed by atoms with Gasteiger partial charge in [0.15, 0.2) is 11.6 Å². The number of ketones is 2. The van der Waals surface area contributed by atoms with Crippen LogP contribution in [0.2, 0.25) is 0 Å². The molecule has 6 nitrogen and oxygen atoms in total. The van der Waals surface area contributed by atoms with Gasteiger partial charge in [0.05, 0.1) is 6.57 Å². The third-order valence-corrected chi connectivity index (χ3v) is 12.8. The summed E-state index contributed by atoms with van der Waals surface area (Å²) in [5.41, 5.74) is -0.620. The summed E-state index contributed by atoms with van der Waals surface area (Å²) in [5.74, 6) is 0.214. The first kappa shape index (κ1) is 27.4. The molecule has 0 N–H and O–H groups in total. The number of rotatable bonds is 1. The van der Waals surface area contributed by atoms with Crippen molar-refractivity contribution >= 4 is 17.5 Å². The fraction of sp³-hybridized carbons (Fsp3) is 0.676. The second kappa shape index (κ2) is 8.37. The van der Waals surface area contributed by atoms with Crippen molar-refractivity contribution in [3.63, 3.8) is 0 Å². The van der Waals surface area contributed by atoms with Crippen LogP contribution in [0.4, 0.5) is 0 Å². The van der Waals surface area contributed by atoms with E-state index >= 15 is 0 Å². The second-order valence-electron chi connectivity index (χ2n) is 15.6. The van der Waals surface area contributed by atoms with E-state index in [1.54, 1.807) is 23.3 Å². The molecule has 0 spiro atoms. The minimum atomic E-state index is -0.683. The molecule has 212 valence electrons. The number of allylic oxidation sites excluding steroid dienone is 4. The number of nitrogens with zero attached hydrogens (tertiary/aromatic N) is 3. The van der Waals surface area contributed by atoms with Gasteiger partial charge in [0.2, 0.25) is 11.6 Å². The molecular weight excluding hydrogens is 498 g/mol. The largest absolute Gasteiger partial charge is 0.307 e. The van der Waals surface area contributed by atoms with Crippen LogP contribution in [0.25, 0.3) is 4.85 Å². The zero-order valence-corrected chi connectivity index (χ0v) is 25.1. The third kappa shape index (κ3) is 3.39. The summed E-state index contributed by atoms with van der Waals surface area (Å²) < 4.78 is 1.65. The molecule has 0 aromatic carbocycles. The van der Waals surface area contributed by atoms with Gasteiger partial charge < -0.3 is 4.79 Å². The fourth-order valence-corrected chi connectivity index (χ4v) is 10.7. The maximum absolute atomic E-state index is 14.5. The van der Waals surface area contributed by atoms with Gasteiger partial charge in [-0.1, -0.05) is 60.1 Å². The van der Waals surface area contributed by atoms with E-state index in [1.807, 2.05) is 26.0 Å². The summed E-state index contributed by atoms with van der Waals surface area (Å²) in [6.45, 7) is 23.1. The Balaban J connectivity index is 1.54. The van der Waals surface area contributed by atoms with Crippen LogP contribution in [0.15, 0.2) is 42.1 Å². The van der Waals surface area contributed by atoms with Crippen LogP contribution >= 0.6 is 0 Å². The van der Waals surface area contributed by atoms with E-state index in [2.05, 4.69) is 44.4 Å². The SMILES string of the molecule is [C-]#[N+]C1=C[C@]2(C)C3=CC(=O)C4C5CC(C)(C)CCC5[C@@H](C(=O)n5ccnc5)C[C@@]4(C)[C@]3(C)CC[C@H]2C(C)(C)C1=O. The van der Waals surface area contributed by atoms with E-state index in [0.29, 0.717) is 6.42 Å². The zero-order chi connectivity index (χ0) is 29.0. The fourth-order valence-electron chi connectivity index (χ4n) is 10.7. The molecule has 0 radical (unpaired) electrons. The Hall–Kier alpha value is -2.81. The van der Waals surface area contributed by atoms with Crippen molar-refractivity contribution in [3.8, 4) is 0 Å². The molecule has 5 aliphatic carbocycles. The maximum atomic E-state index is 14.5. The molecular formula is C34H43N3O3. The first-order chi connectivity index (χ1) is 18.6. The maximum Gasteiger partial charge on any atom is 0.235 e. The Labute approximate surface area is 238 Å². The molecule has 8 atom stereocenters. The van der Waals surface area contributed by atoms with Crippen molar-refractivity contribution in [1.82, 2.24) is 9.55 Å². The van der Waals surface area contributed by atoms with E-state index < -0.39 is 16.2 Å². The lowest BCUT2D eigenvalue weighted by Crippen LogP contribution is -2.65. The van der Waals surface area contributed by atoms with E-state index in [-0.39, 0.29) is 63.6 Å². The molecule has 0 bridgehead atoms. The van der Waals surface area contributed by atoms with Crippen LogP contribution in [0, 0.1) is 63.2 Å². The van der Waals surface area contributed by atoms with Crippen LogP contribution < -0.4 is 0 Å². The highest BCUT2D eigenvalue weighted by Crippen LogP contribution is 2.73. The van der Waals surface area contributed by atoms with E-state index in [4.69, 9.17) is 6.57 Å². The predicted molar refractivity (Wildman–Crippen MR) is 153 cm³/mol. The van der Waals surface area contributed by atoms with Gasteiger partial charge >= 0.3 is 0 Å². The lowest BCUT2D eigenvalue weighted by Gasteiger charge is -2.68. The summed E-state index contributed by atoms with van der Waals surface area (Å²) in [4.78, 5) is 49.7. The van der Waals surface area contributed by atoms with Crippen molar-refractivity contribution < 1.29 is 14.4 Å². The molecule has 0 saturated heterocycles. The van der Waals surface area contributed by atoms with E-state index in [0.717, 1.165) is 37.7 Å². The molecule has 0 aliphatic heterocycles. The van der Waals surface area contributed by atoms with Crippen LogP contribution in [-0.4, -0.2) is 27.0 Å².